The van der Waals surface area contributed by atoms with Gasteiger partial charge in [0.15, 0.2) is 5.84 Å². The van der Waals surface area contributed by atoms with E-state index in [9.17, 15) is 0 Å². The van der Waals surface area contributed by atoms with Gasteiger partial charge in [-0.05, 0) is 48.0 Å². The molecule has 21 heavy (non-hydrogen) atoms. The van der Waals surface area contributed by atoms with Crippen LogP contribution in [0.2, 0.25) is 5.02 Å². The Hall–Kier alpha value is -1.79. The standard InChI is InChI=1S/C14H13BrClN3O2/c1-7-5-12(13(8(2)18-7)14(17)19-20)21-11-4-3-9(16)6-10(11)15/h3-6,20H,1-2H3,(H2,17,19). The summed E-state index contributed by atoms with van der Waals surface area (Å²) in [6.45, 7) is 3.61. The Morgan fingerprint density at radius 1 is 1.33 bits per heavy atom. The summed E-state index contributed by atoms with van der Waals surface area (Å²) < 4.78 is 6.56. The van der Waals surface area contributed by atoms with Gasteiger partial charge in [-0.15, -0.1) is 0 Å². The summed E-state index contributed by atoms with van der Waals surface area (Å²) in [5.74, 6) is 0.967. The number of hydrogen-bond donors (Lipinski definition) is 2. The first-order valence-electron chi connectivity index (χ1n) is 6.01. The number of rotatable bonds is 3. The molecule has 0 atom stereocenters. The van der Waals surface area contributed by atoms with E-state index in [-0.39, 0.29) is 5.84 Å². The number of aryl methyl sites for hydroxylation is 2. The van der Waals surface area contributed by atoms with Gasteiger partial charge < -0.3 is 15.7 Å². The number of benzene rings is 1. The molecule has 0 aliphatic heterocycles. The lowest BCUT2D eigenvalue weighted by Crippen LogP contribution is -2.17. The Balaban J connectivity index is 2.53. The number of hydrogen-bond acceptors (Lipinski definition) is 4. The van der Waals surface area contributed by atoms with Crippen molar-refractivity contribution in [2.45, 2.75) is 13.8 Å². The van der Waals surface area contributed by atoms with E-state index in [1.165, 1.54) is 0 Å². The lowest BCUT2D eigenvalue weighted by atomic mass is 10.1. The van der Waals surface area contributed by atoms with Crippen molar-refractivity contribution >= 4 is 33.4 Å². The van der Waals surface area contributed by atoms with Gasteiger partial charge >= 0.3 is 0 Å². The Morgan fingerprint density at radius 2 is 2.05 bits per heavy atom. The van der Waals surface area contributed by atoms with Crippen molar-refractivity contribution in [2.75, 3.05) is 0 Å². The predicted molar refractivity (Wildman–Crippen MR) is 85.4 cm³/mol. The fourth-order valence-electron chi connectivity index (χ4n) is 1.91. The summed E-state index contributed by atoms with van der Waals surface area (Å²) in [7, 11) is 0. The van der Waals surface area contributed by atoms with Crippen LogP contribution in [0.25, 0.3) is 0 Å². The molecule has 0 aliphatic carbocycles. The molecule has 1 aromatic carbocycles. The topological polar surface area (TPSA) is 80.7 Å². The minimum atomic E-state index is -0.0555. The molecule has 2 aromatic rings. The summed E-state index contributed by atoms with van der Waals surface area (Å²) >= 11 is 9.29. The lowest BCUT2D eigenvalue weighted by Gasteiger charge is -2.14. The van der Waals surface area contributed by atoms with E-state index in [1.807, 2.05) is 6.92 Å². The normalized spacial score (nSPS) is 11.5. The van der Waals surface area contributed by atoms with Gasteiger partial charge in [-0.3, -0.25) is 4.98 Å². The highest BCUT2D eigenvalue weighted by Crippen LogP contribution is 2.34. The van der Waals surface area contributed by atoms with Crippen LogP contribution in [0.5, 0.6) is 11.5 Å². The van der Waals surface area contributed by atoms with E-state index in [0.29, 0.717) is 32.3 Å². The highest BCUT2D eigenvalue weighted by atomic mass is 79.9. The van der Waals surface area contributed by atoms with Gasteiger partial charge in [0.2, 0.25) is 0 Å². The molecule has 1 aromatic heterocycles. The zero-order chi connectivity index (χ0) is 15.6. The van der Waals surface area contributed by atoms with Gasteiger partial charge in [-0.25, -0.2) is 0 Å². The predicted octanol–water partition coefficient (Wildman–Crippen LogP) is 4.00. The largest absolute Gasteiger partial charge is 0.455 e. The van der Waals surface area contributed by atoms with Gasteiger partial charge in [-0.2, -0.15) is 0 Å². The van der Waals surface area contributed by atoms with Crippen LogP contribution >= 0.6 is 27.5 Å². The van der Waals surface area contributed by atoms with Crippen LogP contribution < -0.4 is 10.5 Å². The zero-order valence-electron chi connectivity index (χ0n) is 11.4. The van der Waals surface area contributed by atoms with Crippen molar-refractivity contribution in [2.24, 2.45) is 10.9 Å². The van der Waals surface area contributed by atoms with Gasteiger partial charge in [-0.1, -0.05) is 16.8 Å². The molecule has 0 radical (unpaired) electrons. The molecular formula is C14H13BrClN3O2. The van der Waals surface area contributed by atoms with Crippen LogP contribution in [0, 0.1) is 13.8 Å². The summed E-state index contributed by atoms with van der Waals surface area (Å²) in [4.78, 5) is 4.30. The van der Waals surface area contributed by atoms with Crippen molar-refractivity contribution in [3.63, 3.8) is 0 Å². The number of amidine groups is 1. The molecule has 0 bridgehead atoms. The maximum Gasteiger partial charge on any atom is 0.175 e. The van der Waals surface area contributed by atoms with Gasteiger partial charge in [0.05, 0.1) is 15.7 Å². The van der Waals surface area contributed by atoms with Gasteiger partial charge in [0, 0.05) is 16.8 Å². The molecule has 7 heteroatoms. The number of pyridine rings is 1. The van der Waals surface area contributed by atoms with E-state index < -0.39 is 0 Å². The van der Waals surface area contributed by atoms with Crippen LogP contribution in [0.15, 0.2) is 33.9 Å². The van der Waals surface area contributed by atoms with Crippen molar-refractivity contribution < 1.29 is 9.94 Å². The van der Waals surface area contributed by atoms with Crippen molar-refractivity contribution in [3.8, 4) is 11.5 Å². The fraction of sp³-hybridized carbons (Fsp3) is 0.143. The Bertz CT molecular complexity index is 720. The van der Waals surface area contributed by atoms with Gasteiger partial charge in [0.1, 0.15) is 11.5 Å². The van der Waals surface area contributed by atoms with Crippen molar-refractivity contribution in [1.29, 1.82) is 0 Å². The number of nitrogens with two attached hydrogens (primary N) is 1. The van der Waals surface area contributed by atoms with Crippen LogP contribution in [0.3, 0.4) is 0 Å². The molecule has 2 rings (SSSR count). The Labute approximate surface area is 135 Å². The highest BCUT2D eigenvalue weighted by molar-refractivity contribution is 9.10. The summed E-state index contributed by atoms with van der Waals surface area (Å²) in [5, 5.41) is 12.5. The SMILES string of the molecule is Cc1cc(Oc2ccc(Cl)cc2Br)c(/C(N)=N/O)c(C)n1. The number of aromatic nitrogens is 1. The van der Waals surface area contributed by atoms with E-state index in [1.54, 1.807) is 31.2 Å². The van der Waals surface area contributed by atoms with Gasteiger partial charge in [0.25, 0.3) is 0 Å². The third-order valence-electron chi connectivity index (χ3n) is 2.77. The van der Waals surface area contributed by atoms with E-state index in [4.69, 9.17) is 27.3 Å². The third-order valence-corrected chi connectivity index (χ3v) is 3.62. The first-order valence-corrected chi connectivity index (χ1v) is 7.18. The second kappa shape index (κ2) is 6.32. The molecule has 0 aliphatic rings. The molecule has 110 valence electrons. The molecule has 0 fully saturated rings. The van der Waals surface area contributed by atoms with E-state index in [2.05, 4.69) is 26.1 Å². The minimum absolute atomic E-state index is 0.0555. The molecule has 0 saturated carbocycles. The molecule has 0 unspecified atom stereocenters. The third kappa shape index (κ3) is 3.46. The summed E-state index contributed by atoms with van der Waals surface area (Å²) in [5.41, 5.74) is 7.54. The molecule has 0 saturated heterocycles. The van der Waals surface area contributed by atoms with Crippen molar-refractivity contribution in [3.05, 3.63) is 50.7 Å². The second-order valence-electron chi connectivity index (χ2n) is 4.38. The van der Waals surface area contributed by atoms with E-state index >= 15 is 0 Å². The average Bonchev–Trinajstić information content (AvgIpc) is 2.40. The quantitative estimate of drug-likeness (QED) is 0.370. The Morgan fingerprint density at radius 3 is 2.67 bits per heavy atom. The molecule has 0 spiro atoms. The maximum absolute atomic E-state index is 8.92. The number of ether oxygens (including phenoxy) is 1. The Kier molecular flexibility index (Phi) is 4.69. The second-order valence-corrected chi connectivity index (χ2v) is 5.68. The van der Waals surface area contributed by atoms with Crippen LogP contribution in [-0.4, -0.2) is 16.0 Å². The van der Waals surface area contributed by atoms with Crippen LogP contribution in [-0.2, 0) is 0 Å². The molecule has 0 amide bonds. The molecule has 5 nitrogen and oxygen atoms in total. The molecule has 3 N–H and O–H groups in total. The lowest BCUT2D eigenvalue weighted by molar-refractivity contribution is 0.318. The fourth-order valence-corrected chi connectivity index (χ4v) is 2.68. The number of oxime groups is 1. The van der Waals surface area contributed by atoms with Crippen LogP contribution in [0.4, 0.5) is 0 Å². The summed E-state index contributed by atoms with van der Waals surface area (Å²) in [6, 6.07) is 6.89. The summed E-state index contributed by atoms with van der Waals surface area (Å²) in [6.07, 6.45) is 0. The maximum atomic E-state index is 8.92. The molecule has 1 heterocycles. The monoisotopic (exact) mass is 369 g/mol. The average molecular weight is 371 g/mol. The first kappa shape index (κ1) is 15.6. The van der Waals surface area contributed by atoms with Crippen molar-refractivity contribution in [1.82, 2.24) is 4.98 Å². The van der Waals surface area contributed by atoms with Crippen LogP contribution in [0.1, 0.15) is 17.0 Å². The first-order chi connectivity index (χ1) is 9.92. The van der Waals surface area contributed by atoms with E-state index in [0.717, 1.165) is 5.69 Å². The zero-order valence-corrected chi connectivity index (χ0v) is 13.7. The highest BCUT2D eigenvalue weighted by Gasteiger charge is 2.16. The number of nitrogens with zero attached hydrogens (tertiary/aromatic N) is 2. The molecular weight excluding hydrogens is 358 g/mol. The minimum Gasteiger partial charge on any atom is -0.455 e. The smallest absolute Gasteiger partial charge is 0.175 e. The number of halogens is 2.